The van der Waals surface area contributed by atoms with E-state index >= 15 is 0 Å². The Balaban J connectivity index is 2.30. The molecule has 1 heterocycles. The summed E-state index contributed by atoms with van der Waals surface area (Å²) in [6.45, 7) is 3.89. The smallest absolute Gasteiger partial charge is 0.130 e. The predicted molar refractivity (Wildman–Crippen MR) is 80.5 cm³/mol. The molecule has 0 saturated carbocycles. The van der Waals surface area contributed by atoms with Crippen LogP contribution in [-0.4, -0.2) is 14.9 Å². The summed E-state index contributed by atoms with van der Waals surface area (Å²) in [4.78, 5) is 0. The van der Waals surface area contributed by atoms with Crippen LogP contribution in [0.1, 0.15) is 28.5 Å². The molecule has 1 aromatic heterocycles. The normalized spacial score (nSPS) is 12.7. The molecule has 1 unspecified atom stereocenters. The molecule has 2 aromatic rings. The van der Waals surface area contributed by atoms with Gasteiger partial charge < -0.3 is 5.11 Å². The summed E-state index contributed by atoms with van der Waals surface area (Å²) in [6.07, 6.45) is -0.117. The molecule has 1 atom stereocenters. The quantitative estimate of drug-likeness (QED) is 0.922. The van der Waals surface area contributed by atoms with Crippen molar-refractivity contribution in [3.63, 3.8) is 0 Å². The van der Waals surface area contributed by atoms with Crippen molar-refractivity contribution in [3.8, 4) is 0 Å². The first kappa shape index (κ1) is 14.6. The van der Waals surface area contributed by atoms with Crippen LogP contribution in [0.5, 0.6) is 0 Å². The van der Waals surface area contributed by atoms with Crippen LogP contribution in [0, 0.1) is 13.8 Å². The first-order valence-electron chi connectivity index (χ1n) is 6.02. The minimum absolute atomic E-state index is 0.468. The Labute approximate surface area is 126 Å². The molecule has 102 valence electrons. The topological polar surface area (TPSA) is 38.1 Å². The summed E-state index contributed by atoms with van der Waals surface area (Å²) in [5, 5.41) is 15.3. The van der Waals surface area contributed by atoms with E-state index in [4.69, 9.17) is 11.6 Å². The van der Waals surface area contributed by atoms with E-state index in [1.54, 1.807) is 11.7 Å². The minimum Gasteiger partial charge on any atom is -0.388 e. The number of hydrogen-bond donors (Lipinski definition) is 1. The van der Waals surface area contributed by atoms with E-state index < -0.39 is 6.10 Å². The summed E-state index contributed by atoms with van der Waals surface area (Å²) in [5.41, 5.74) is 3.73. The lowest BCUT2D eigenvalue weighted by Crippen LogP contribution is -2.05. The van der Waals surface area contributed by atoms with Crippen molar-refractivity contribution in [2.24, 2.45) is 7.05 Å². The second-order valence-corrected chi connectivity index (χ2v) is 5.97. The van der Waals surface area contributed by atoms with Gasteiger partial charge in [-0.2, -0.15) is 5.10 Å². The summed E-state index contributed by atoms with van der Waals surface area (Å²) < 4.78 is 2.59. The van der Waals surface area contributed by atoms with Gasteiger partial charge in [-0.25, -0.2) is 0 Å². The highest BCUT2D eigenvalue weighted by atomic mass is 79.9. The van der Waals surface area contributed by atoms with Crippen molar-refractivity contribution in [2.45, 2.75) is 26.4 Å². The SMILES string of the molecule is Cc1ccc(Br)cc1C(O)Cc1c(C)nn(C)c1Cl. The van der Waals surface area contributed by atoms with Crippen LogP contribution in [0.25, 0.3) is 0 Å². The number of hydrogen-bond acceptors (Lipinski definition) is 2. The average molecular weight is 344 g/mol. The third kappa shape index (κ3) is 3.02. The molecule has 0 fully saturated rings. The van der Waals surface area contributed by atoms with E-state index in [0.29, 0.717) is 11.6 Å². The first-order chi connectivity index (χ1) is 8.90. The van der Waals surface area contributed by atoms with Crippen molar-refractivity contribution < 1.29 is 5.11 Å². The lowest BCUT2D eigenvalue weighted by molar-refractivity contribution is 0.177. The number of aromatic nitrogens is 2. The van der Waals surface area contributed by atoms with E-state index in [1.807, 2.05) is 32.0 Å². The summed E-state index contributed by atoms with van der Waals surface area (Å²) in [7, 11) is 1.80. The van der Waals surface area contributed by atoms with Crippen molar-refractivity contribution >= 4 is 27.5 Å². The largest absolute Gasteiger partial charge is 0.388 e. The van der Waals surface area contributed by atoms with Gasteiger partial charge in [-0.3, -0.25) is 4.68 Å². The molecule has 0 aliphatic carbocycles. The maximum absolute atomic E-state index is 10.4. The van der Waals surface area contributed by atoms with Gasteiger partial charge in [0.2, 0.25) is 0 Å². The Hall–Kier alpha value is -0.840. The Kier molecular flexibility index (Phi) is 4.33. The summed E-state index contributed by atoms with van der Waals surface area (Å²) >= 11 is 9.63. The van der Waals surface area contributed by atoms with Gasteiger partial charge in [0.1, 0.15) is 5.15 Å². The van der Waals surface area contributed by atoms with Crippen molar-refractivity contribution in [1.29, 1.82) is 0 Å². The standard InChI is InChI=1S/C14H16BrClN2O/c1-8-4-5-10(15)6-11(8)13(19)7-12-9(2)17-18(3)14(12)16/h4-6,13,19H,7H2,1-3H3. The number of benzene rings is 1. The van der Waals surface area contributed by atoms with E-state index in [0.717, 1.165) is 26.9 Å². The zero-order valence-corrected chi connectivity index (χ0v) is 13.5. The lowest BCUT2D eigenvalue weighted by Gasteiger charge is -2.14. The maximum atomic E-state index is 10.4. The summed E-state index contributed by atoms with van der Waals surface area (Å²) in [6, 6.07) is 5.90. The van der Waals surface area contributed by atoms with Gasteiger partial charge in [-0.05, 0) is 37.1 Å². The van der Waals surface area contributed by atoms with Crippen LogP contribution in [0.4, 0.5) is 0 Å². The van der Waals surface area contributed by atoms with Crippen LogP contribution >= 0.6 is 27.5 Å². The molecule has 0 aliphatic heterocycles. The molecular formula is C14H16BrClN2O. The molecule has 2 rings (SSSR count). The average Bonchev–Trinajstić information content (AvgIpc) is 2.59. The van der Waals surface area contributed by atoms with Crippen LogP contribution < -0.4 is 0 Å². The van der Waals surface area contributed by atoms with Crippen molar-refractivity contribution in [2.75, 3.05) is 0 Å². The molecule has 19 heavy (non-hydrogen) atoms. The maximum Gasteiger partial charge on any atom is 0.130 e. The minimum atomic E-state index is -0.585. The number of aliphatic hydroxyl groups excluding tert-OH is 1. The van der Waals surface area contributed by atoms with Gasteiger partial charge >= 0.3 is 0 Å². The van der Waals surface area contributed by atoms with Gasteiger partial charge in [-0.1, -0.05) is 33.6 Å². The fraction of sp³-hybridized carbons (Fsp3) is 0.357. The molecule has 0 saturated heterocycles. The zero-order valence-electron chi connectivity index (χ0n) is 11.1. The molecule has 5 heteroatoms. The highest BCUT2D eigenvalue weighted by Crippen LogP contribution is 2.28. The first-order valence-corrected chi connectivity index (χ1v) is 7.19. The fourth-order valence-corrected chi connectivity index (χ4v) is 2.81. The fourth-order valence-electron chi connectivity index (χ4n) is 2.18. The second kappa shape index (κ2) is 5.65. The van der Waals surface area contributed by atoms with Crippen LogP contribution in [0.2, 0.25) is 5.15 Å². The molecule has 0 aliphatic rings. The Morgan fingerprint density at radius 1 is 1.42 bits per heavy atom. The van der Waals surface area contributed by atoms with E-state index in [1.165, 1.54) is 0 Å². The number of aliphatic hydroxyl groups is 1. The highest BCUT2D eigenvalue weighted by Gasteiger charge is 2.18. The Morgan fingerprint density at radius 3 is 2.68 bits per heavy atom. The monoisotopic (exact) mass is 342 g/mol. The van der Waals surface area contributed by atoms with Crippen LogP contribution in [0.15, 0.2) is 22.7 Å². The molecular weight excluding hydrogens is 328 g/mol. The molecule has 0 radical (unpaired) electrons. The highest BCUT2D eigenvalue weighted by molar-refractivity contribution is 9.10. The van der Waals surface area contributed by atoms with Crippen molar-refractivity contribution in [1.82, 2.24) is 9.78 Å². The Bertz CT molecular complexity index is 610. The number of rotatable bonds is 3. The van der Waals surface area contributed by atoms with Crippen LogP contribution in [0.3, 0.4) is 0 Å². The molecule has 3 nitrogen and oxygen atoms in total. The van der Waals surface area contributed by atoms with Gasteiger partial charge in [0, 0.05) is 23.5 Å². The lowest BCUT2D eigenvalue weighted by atomic mass is 9.98. The molecule has 0 bridgehead atoms. The molecule has 0 spiro atoms. The molecule has 0 amide bonds. The van der Waals surface area contributed by atoms with Crippen LogP contribution in [-0.2, 0) is 13.5 Å². The third-order valence-corrected chi connectivity index (χ3v) is 4.23. The zero-order chi connectivity index (χ0) is 14.2. The predicted octanol–water partition coefficient (Wildman–Crippen LogP) is 3.73. The van der Waals surface area contributed by atoms with Gasteiger partial charge in [0.25, 0.3) is 0 Å². The van der Waals surface area contributed by atoms with Gasteiger partial charge in [0.15, 0.2) is 0 Å². The van der Waals surface area contributed by atoms with E-state index in [-0.39, 0.29) is 0 Å². The number of halogens is 2. The third-order valence-electron chi connectivity index (χ3n) is 3.27. The van der Waals surface area contributed by atoms with E-state index in [9.17, 15) is 5.11 Å². The van der Waals surface area contributed by atoms with Gasteiger partial charge in [-0.15, -0.1) is 0 Å². The second-order valence-electron chi connectivity index (χ2n) is 4.70. The van der Waals surface area contributed by atoms with Crippen molar-refractivity contribution in [3.05, 3.63) is 50.2 Å². The molecule has 1 aromatic carbocycles. The number of aryl methyl sites for hydroxylation is 3. The molecule has 1 N–H and O–H groups in total. The number of nitrogens with zero attached hydrogens (tertiary/aromatic N) is 2. The Morgan fingerprint density at radius 2 is 2.11 bits per heavy atom. The summed E-state index contributed by atoms with van der Waals surface area (Å²) in [5.74, 6) is 0. The van der Waals surface area contributed by atoms with E-state index in [2.05, 4.69) is 21.0 Å². The van der Waals surface area contributed by atoms with Gasteiger partial charge in [0.05, 0.1) is 11.8 Å².